The molecule has 0 amide bonds. The molecule has 0 fully saturated rings. The number of rotatable bonds is 3. The van der Waals surface area contributed by atoms with Crippen LogP contribution in [0.4, 0.5) is 5.69 Å². The summed E-state index contributed by atoms with van der Waals surface area (Å²) in [6.07, 6.45) is 0. The standard InChI is InChI=1S/C10H10N4O3/c1-6(11)10-12-9(13-17-10)7-3-2-4-8(5-7)14(15)16/h2-6H,11H2,1H3/t6-/m0/s1. The maximum Gasteiger partial charge on any atom is 0.270 e. The van der Waals surface area contributed by atoms with E-state index >= 15 is 0 Å². The lowest BCUT2D eigenvalue weighted by Gasteiger charge is -1.95. The first kappa shape index (κ1) is 11.2. The Morgan fingerprint density at radius 1 is 1.53 bits per heavy atom. The van der Waals surface area contributed by atoms with Crippen LogP contribution in [-0.2, 0) is 0 Å². The maximum absolute atomic E-state index is 10.6. The lowest BCUT2D eigenvalue weighted by Crippen LogP contribution is -2.04. The van der Waals surface area contributed by atoms with Gasteiger partial charge in [-0.25, -0.2) is 0 Å². The number of nitrogens with zero attached hydrogens (tertiary/aromatic N) is 3. The van der Waals surface area contributed by atoms with Gasteiger partial charge in [0.05, 0.1) is 11.0 Å². The number of hydrogen-bond acceptors (Lipinski definition) is 6. The summed E-state index contributed by atoms with van der Waals surface area (Å²) < 4.78 is 4.92. The molecule has 1 aromatic heterocycles. The van der Waals surface area contributed by atoms with E-state index in [1.165, 1.54) is 12.1 Å². The van der Waals surface area contributed by atoms with Gasteiger partial charge in [-0.1, -0.05) is 17.3 Å². The number of nitro benzene ring substituents is 1. The molecular weight excluding hydrogens is 224 g/mol. The van der Waals surface area contributed by atoms with Gasteiger partial charge < -0.3 is 10.3 Å². The number of aromatic nitrogens is 2. The third-order valence-electron chi connectivity index (χ3n) is 2.15. The topological polar surface area (TPSA) is 108 Å². The van der Waals surface area contributed by atoms with Crippen molar-refractivity contribution in [2.75, 3.05) is 0 Å². The van der Waals surface area contributed by atoms with Crippen molar-refractivity contribution in [1.82, 2.24) is 10.1 Å². The zero-order valence-electron chi connectivity index (χ0n) is 9.03. The van der Waals surface area contributed by atoms with Gasteiger partial charge in [-0.15, -0.1) is 0 Å². The normalized spacial score (nSPS) is 12.4. The lowest BCUT2D eigenvalue weighted by molar-refractivity contribution is -0.384. The van der Waals surface area contributed by atoms with Crippen LogP contribution in [0.25, 0.3) is 11.4 Å². The molecule has 0 aliphatic heterocycles. The summed E-state index contributed by atoms with van der Waals surface area (Å²) in [6, 6.07) is 5.65. The van der Waals surface area contributed by atoms with Crippen molar-refractivity contribution < 1.29 is 9.45 Å². The summed E-state index contributed by atoms with van der Waals surface area (Å²) in [4.78, 5) is 14.2. The van der Waals surface area contributed by atoms with Crippen LogP contribution < -0.4 is 5.73 Å². The summed E-state index contributed by atoms with van der Waals surface area (Å²) in [6.45, 7) is 1.71. The van der Waals surface area contributed by atoms with Gasteiger partial charge in [0.2, 0.25) is 11.7 Å². The SMILES string of the molecule is C[C@H](N)c1nc(-c2cccc([N+](=O)[O-])c2)no1. The van der Waals surface area contributed by atoms with Gasteiger partial charge in [-0.2, -0.15) is 4.98 Å². The van der Waals surface area contributed by atoms with Crippen molar-refractivity contribution in [3.63, 3.8) is 0 Å². The number of nitrogens with two attached hydrogens (primary N) is 1. The highest BCUT2D eigenvalue weighted by Crippen LogP contribution is 2.22. The molecule has 0 unspecified atom stereocenters. The molecule has 88 valence electrons. The third-order valence-corrected chi connectivity index (χ3v) is 2.15. The summed E-state index contributed by atoms with van der Waals surface area (Å²) in [5.41, 5.74) is 6.08. The number of non-ortho nitro benzene ring substituents is 1. The molecule has 0 aliphatic rings. The Labute approximate surface area is 96.4 Å². The molecule has 0 radical (unpaired) electrons. The first-order valence-corrected chi connectivity index (χ1v) is 4.92. The second-order valence-electron chi connectivity index (χ2n) is 3.55. The number of nitro groups is 1. The molecule has 2 rings (SSSR count). The zero-order chi connectivity index (χ0) is 12.4. The summed E-state index contributed by atoms with van der Waals surface area (Å²) >= 11 is 0. The van der Waals surface area contributed by atoms with Crippen LogP contribution in [0, 0.1) is 10.1 Å². The van der Waals surface area contributed by atoms with Crippen LogP contribution in [-0.4, -0.2) is 15.1 Å². The molecule has 1 heterocycles. The van der Waals surface area contributed by atoms with Crippen molar-refractivity contribution in [2.45, 2.75) is 13.0 Å². The van der Waals surface area contributed by atoms with Gasteiger partial charge in [0, 0.05) is 17.7 Å². The quantitative estimate of drug-likeness (QED) is 0.639. The maximum atomic E-state index is 10.6. The highest BCUT2D eigenvalue weighted by atomic mass is 16.6. The molecule has 2 N–H and O–H groups in total. The van der Waals surface area contributed by atoms with Gasteiger partial charge in [-0.05, 0) is 6.92 Å². The van der Waals surface area contributed by atoms with E-state index in [1.807, 2.05) is 0 Å². The predicted molar refractivity (Wildman–Crippen MR) is 59.0 cm³/mol. The molecule has 0 aliphatic carbocycles. The van der Waals surface area contributed by atoms with Gasteiger partial charge >= 0.3 is 0 Å². The minimum Gasteiger partial charge on any atom is -0.337 e. The van der Waals surface area contributed by atoms with E-state index < -0.39 is 4.92 Å². The van der Waals surface area contributed by atoms with Crippen LogP contribution >= 0.6 is 0 Å². The van der Waals surface area contributed by atoms with Crippen LogP contribution in [0.2, 0.25) is 0 Å². The first-order valence-electron chi connectivity index (χ1n) is 4.92. The second-order valence-corrected chi connectivity index (χ2v) is 3.55. The van der Waals surface area contributed by atoms with Crippen LogP contribution in [0.3, 0.4) is 0 Å². The van der Waals surface area contributed by atoms with Gasteiger partial charge in [0.15, 0.2) is 0 Å². The fourth-order valence-electron chi connectivity index (χ4n) is 1.30. The molecule has 2 aromatic rings. The Hall–Kier alpha value is -2.28. The minimum atomic E-state index is -0.476. The highest BCUT2D eigenvalue weighted by molar-refractivity contribution is 5.58. The molecule has 0 spiro atoms. The minimum absolute atomic E-state index is 0.0188. The van der Waals surface area contributed by atoms with E-state index in [0.29, 0.717) is 17.3 Å². The Kier molecular flexibility index (Phi) is 2.84. The first-order chi connectivity index (χ1) is 8.08. The van der Waals surface area contributed by atoms with Crippen molar-refractivity contribution in [3.05, 3.63) is 40.3 Å². The van der Waals surface area contributed by atoms with E-state index in [-0.39, 0.29) is 11.7 Å². The molecule has 17 heavy (non-hydrogen) atoms. The number of hydrogen-bond donors (Lipinski definition) is 1. The molecule has 0 saturated heterocycles. The Morgan fingerprint density at radius 2 is 2.29 bits per heavy atom. The van der Waals surface area contributed by atoms with Crippen molar-refractivity contribution in [3.8, 4) is 11.4 Å². The molecule has 0 bridgehead atoms. The van der Waals surface area contributed by atoms with Crippen molar-refractivity contribution >= 4 is 5.69 Å². The molecule has 0 saturated carbocycles. The molecule has 7 nitrogen and oxygen atoms in total. The van der Waals surface area contributed by atoms with E-state index in [0.717, 1.165) is 0 Å². The van der Waals surface area contributed by atoms with E-state index in [2.05, 4.69) is 10.1 Å². The molecule has 7 heteroatoms. The Morgan fingerprint density at radius 3 is 2.88 bits per heavy atom. The van der Waals surface area contributed by atoms with Gasteiger partial charge in [0.25, 0.3) is 5.69 Å². The fraction of sp³-hybridized carbons (Fsp3) is 0.200. The summed E-state index contributed by atoms with van der Waals surface area (Å²) in [7, 11) is 0. The van der Waals surface area contributed by atoms with E-state index in [1.54, 1.807) is 19.1 Å². The fourth-order valence-corrected chi connectivity index (χ4v) is 1.30. The molecule has 1 atom stereocenters. The van der Waals surface area contributed by atoms with Gasteiger partial charge in [0.1, 0.15) is 0 Å². The van der Waals surface area contributed by atoms with Crippen LogP contribution in [0.5, 0.6) is 0 Å². The van der Waals surface area contributed by atoms with E-state index in [9.17, 15) is 10.1 Å². The third kappa shape index (κ3) is 2.28. The summed E-state index contributed by atoms with van der Waals surface area (Å²) in [5, 5.41) is 14.3. The Bertz CT molecular complexity index is 550. The molecular formula is C10H10N4O3. The van der Waals surface area contributed by atoms with Gasteiger partial charge in [-0.3, -0.25) is 10.1 Å². The zero-order valence-corrected chi connectivity index (χ0v) is 9.03. The summed E-state index contributed by atoms with van der Waals surface area (Å²) in [5.74, 6) is 0.590. The highest BCUT2D eigenvalue weighted by Gasteiger charge is 2.14. The smallest absolute Gasteiger partial charge is 0.270 e. The lowest BCUT2D eigenvalue weighted by atomic mass is 10.2. The Balaban J connectivity index is 2.38. The average molecular weight is 234 g/mol. The van der Waals surface area contributed by atoms with Crippen LogP contribution in [0.1, 0.15) is 18.9 Å². The van der Waals surface area contributed by atoms with E-state index in [4.69, 9.17) is 10.3 Å². The van der Waals surface area contributed by atoms with Crippen molar-refractivity contribution in [2.24, 2.45) is 5.73 Å². The largest absolute Gasteiger partial charge is 0.337 e. The van der Waals surface area contributed by atoms with Crippen LogP contribution in [0.15, 0.2) is 28.8 Å². The monoisotopic (exact) mass is 234 g/mol. The predicted octanol–water partition coefficient (Wildman–Crippen LogP) is 1.66. The van der Waals surface area contributed by atoms with Crippen molar-refractivity contribution in [1.29, 1.82) is 0 Å². The second kappa shape index (κ2) is 4.30. The molecule has 1 aromatic carbocycles. The average Bonchev–Trinajstić information content (AvgIpc) is 2.78. The number of benzene rings is 1.